The molecule has 0 unspecified atom stereocenters. The number of rotatable bonds is 10. The minimum atomic E-state index is -1.01. The molecule has 0 saturated carbocycles. The first kappa shape index (κ1) is 21.7. The number of nitrogens with one attached hydrogen (secondary N) is 1. The van der Waals surface area contributed by atoms with E-state index >= 15 is 0 Å². The number of aromatic carboxylic acids is 1. The van der Waals surface area contributed by atoms with Gasteiger partial charge in [0.1, 0.15) is 0 Å². The standard InChI is InChI=1S/C21H24N2O6/c1-4-27-17-11-16(12-18(28-5-2)19(17)29-6-3)20(24)23-22-13-14-7-9-15(10-8-14)21(25)26/h7-13H,4-6H2,1-3H3,(H,23,24)(H,25,26)/b22-13-. The number of amides is 1. The summed E-state index contributed by atoms with van der Waals surface area (Å²) in [6, 6.07) is 9.25. The smallest absolute Gasteiger partial charge is 0.335 e. The Hall–Kier alpha value is -3.55. The third-order valence-electron chi connectivity index (χ3n) is 3.71. The van der Waals surface area contributed by atoms with Crippen LogP contribution < -0.4 is 19.6 Å². The molecule has 29 heavy (non-hydrogen) atoms. The number of carboxylic acids is 1. The van der Waals surface area contributed by atoms with Gasteiger partial charge in [0.05, 0.1) is 31.6 Å². The molecule has 2 aromatic rings. The minimum absolute atomic E-state index is 0.174. The first-order valence-electron chi connectivity index (χ1n) is 9.23. The first-order valence-corrected chi connectivity index (χ1v) is 9.23. The Bertz CT molecular complexity index is 850. The number of carbonyl (C=O) groups is 2. The van der Waals surface area contributed by atoms with Crippen LogP contribution in [-0.2, 0) is 0 Å². The van der Waals surface area contributed by atoms with E-state index < -0.39 is 11.9 Å². The molecule has 0 fully saturated rings. The van der Waals surface area contributed by atoms with Gasteiger partial charge in [-0.2, -0.15) is 5.10 Å². The van der Waals surface area contributed by atoms with Crippen molar-refractivity contribution in [2.45, 2.75) is 20.8 Å². The van der Waals surface area contributed by atoms with Crippen molar-refractivity contribution in [3.8, 4) is 17.2 Å². The summed E-state index contributed by atoms with van der Waals surface area (Å²) in [4.78, 5) is 23.4. The second-order valence-electron chi connectivity index (χ2n) is 5.73. The molecule has 0 aliphatic heterocycles. The van der Waals surface area contributed by atoms with Gasteiger partial charge in [-0.25, -0.2) is 10.2 Å². The highest BCUT2D eigenvalue weighted by atomic mass is 16.5. The molecule has 0 aliphatic rings. The first-order chi connectivity index (χ1) is 14.0. The van der Waals surface area contributed by atoms with Crippen LogP contribution in [0.4, 0.5) is 0 Å². The number of hydrogen-bond donors (Lipinski definition) is 2. The van der Waals surface area contributed by atoms with Gasteiger partial charge in [-0.1, -0.05) is 12.1 Å². The number of nitrogens with zero attached hydrogens (tertiary/aromatic N) is 1. The van der Waals surface area contributed by atoms with Crippen LogP contribution in [0.5, 0.6) is 17.2 Å². The van der Waals surface area contributed by atoms with Crippen molar-refractivity contribution in [2.24, 2.45) is 5.10 Å². The Morgan fingerprint density at radius 1 is 0.931 bits per heavy atom. The van der Waals surface area contributed by atoms with E-state index in [-0.39, 0.29) is 5.56 Å². The molecule has 8 heteroatoms. The molecular weight excluding hydrogens is 376 g/mol. The molecule has 154 valence electrons. The van der Waals surface area contributed by atoms with Gasteiger partial charge >= 0.3 is 5.97 Å². The van der Waals surface area contributed by atoms with Crippen molar-refractivity contribution >= 4 is 18.1 Å². The summed E-state index contributed by atoms with van der Waals surface area (Å²) in [5, 5.41) is 12.8. The fourth-order valence-electron chi connectivity index (χ4n) is 2.46. The van der Waals surface area contributed by atoms with Crippen LogP contribution in [-0.4, -0.2) is 43.0 Å². The predicted molar refractivity (Wildman–Crippen MR) is 108 cm³/mol. The highest BCUT2D eigenvalue weighted by Gasteiger charge is 2.18. The van der Waals surface area contributed by atoms with Crippen LogP contribution in [0.15, 0.2) is 41.5 Å². The van der Waals surface area contributed by atoms with Gasteiger partial charge in [-0.3, -0.25) is 4.79 Å². The summed E-state index contributed by atoms with van der Waals surface area (Å²) in [5.74, 6) is -0.173. The summed E-state index contributed by atoms with van der Waals surface area (Å²) < 4.78 is 16.8. The summed E-state index contributed by atoms with van der Waals surface area (Å²) in [7, 11) is 0. The third-order valence-corrected chi connectivity index (χ3v) is 3.71. The molecule has 2 rings (SSSR count). The van der Waals surface area contributed by atoms with Gasteiger partial charge in [-0.15, -0.1) is 0 Å². The zero-order valence-corrected chi connectivity index (χ0v) is 16.6. The van der Waals surface area contributed by atoms with Crippen molar-refractivity contribution < 1.29 is 28.9 Å². The predicted octanol–water partition coefficient (Wildman–Crippen LogP) is 3.34. The summed E-state index contributed by atoms with van der Waals surface area (Å²) in [6.07, 6.45) is 1.42. The van der Waals surface area contributed by atoms with Gasteiger partial charge in [0.15, 0.2) is 11.5 Å². The maximum atomic E-state index is 12.5. The second kappa shape index (κ2) is 10.7. The largest absolute Gasteiger partial charge is 0.490 e. The van der Waals surface area contributed by atoms with Crippen LogP contribution in [0, 0.1) is 0 Å². The van der Waals surface area contributed by atoms with E-state index in [2.05, 4.69) is 10.5 Å². The highest BCUT2D eigenvalue weighted by molar-refractivity contribution is 5.96. The van der Waals surface area contributed by atoms with Gasteiger partial charge in [-0.05, 0) is 50.6 Å². The van der Waals surface area contributed by atoms with Crippen LogP contribution in [0.25, 0.3) is 0 Å². The van der Waals surface area contributed by atoms with Gasteiger partial charge in [0.2, 0.25) is 5.75 Å². The SMILES string of the molecule is CCOc1cc(C(=O)N/N=C\c2ccc(C(=O)O)cc2)cc(OCC)c1OCC. The molecule has 0 heterocycles. The average Bonchev–Trinajstić information content (AvgIpc) is 2.70. The maximum absolute atomic E-state index is 12.5. The molecule has 0 radical (unpaired) electrons. The van der Waals surface area contributed by atoms with Gasteiger partial charge < -0.3 is 19.3 Å². The number of hydrazone groups is 1. The van der Waals surface area contributed by atoms with E-state index in [1.807, 2.05) is 20.8 Å². The fourth-order valence-corrected chi connectivity index (χ4v) is 2.46. The molecule has 0 aliphatic carbocycles. The van der Waals surface area contributed by atoms with Crippen LogP contribution in [0.1, 0.15) is 47.1 Å². The van der Waals surface area contributed by atoms with Crippen LogP contribution >= 0.6 is 0 Å². The monoisotopic (exact) mass is 400 g/mol. The number of hydrogen-bond acceptors (Lipinski definition) is 6. The molecule has 8 nitrogen and oxygen atoms in total. The van der Waals surface area contributed by atoms with E-state index in [1.54, 1.807) is 24.3 Å². The number of benzene rings is 2. The molecule has 0 spiro atoms. The molecule has 0 aromatic heterocycles. The summed E-state index contributed by atoms with van der Waals surface area (Å²) in [5.41, 5.74) is 3.56. The molecule has 2 N–H and O–H groups in total. The zero-order valence-electron chi connectivity index (χ0n) is 16.6. The maximum Gasteiger partial charge on any atom is 0.335 e. The Balaban J connectivity index is 2.19. The van der Waals surface area contributed by atoms with Crippen molar-refractivity contribution in [2.75, 3.05) is 19.8 Å². The summed E-state index contributed by atoms with van der Waals surface area (Å²) >= 11 is 0. The lowest BCUT2D eigenvalue weighted by Gasteiger charge is -2.16. The van der Waals surface area contributed by atoms with Crippen LogP contribution in [0.2, 0.25) is 0 Å². The fraction of sp³-hybridized carbons (Fsp3) is 0.286. The van der Waals surface area contributed by atoms with E-state index in [9.17, 15) is 9.59 Å². The average molecular weight is 400 g/mol. The molecule has 1 amide bonds. The number of carboxylic acid groups (broad SMARTS) is 1. The Morgan fingerprint density at radius 3 is 1.97 bits per heavy atom. The second-order valence-corrected chi connectivity index (χ2v) is 5.73. The molecule has 0 atom stereocenters. The van der Waals surface area contributed by atoms with Gasteiger partial charge in [0.25, 0.3) is 5.91 Å². The topological polar surface area (TPSA) is 106 Å². The zero-order chi connectivity index (χ0) is 21.2. The van der Waals surface area contributed by atoms with Crippen molar-refractivity contribution in [3.05, 3.63) is 53.1 Å². The Kier molecular flexibility index (Phi) is 8.02. The molecular formula is C21H24N2O6. The normalized spacial score (nSPS) is 10.6. The minimum Gasteiger partial charge on any atom is -0.490 e. The van der Waals surface area contributed by atoms with E-state index in [1.165, 1.54) is 18.3 Å². The Morgan fingerprint density at radius 2 is 1.48 bits per heavy atom. The van der Waals surface area contributed by atoms with Gasteiger partial charge in [0, 0.05) is 5.56 Å². The molecule has 0 saturated heterocycles. The van der Waals surface area contributed by atoms with E-state index in [0.717, 1.165) is 0 Å². The number of carbonyl (C=O) groups excluding carboxylic acids is 1. The lowest BCUT2D eigenvalue weighted by Crippen LogP contribution is -2.18. The molecule has 2 aromatic carbocycles. The van der Waals surface area contributed by atoms with Crippen molar-refractivity contribution in [1.82, 2.24) is 5.43 Å². The summed E-state index contributed by atoms with van der Waals surface area (Å²) in [6.45, 7) is 6.76. The molecule has 0 bridgehead atoms. The van der Waals surface area contributed by atoms with Crippen molar-refractivity contribution in [3.63, 3.8) is 0 Å². The van der Waals surface area contributed by atoms with Crippen LogP contribution in [0.3, 0.4) is 0 Å². The van der Waals surface area contributed by atoms with Crippen molar-refractivity contribution in [1.29, 1.82) is 0 Å². The van der Waals surface area contributed by atoms with E-state index in [4.69, 9.17) is 19.3 Å². The lowest BCUT2D eigenvalue weighted by atomic mass is 10.1. The quantitative estimate of drug-likeness (QED) is 0.468. The Labute approximate surface area is 169 Å². The highest BCUT2D eigenvalue weighted by Crippen LogP contribution is 2.39. The van der Waals surface area contributed by atoms with E-state index in [0.29, 0.717) is 48.2 Å². The third kappa shape index (κ3) is 5.97. The lowest BCUT2D eigenvalue weighted by molar-refractivity contribution is 0.0696. The number of ether oxygens (including phenoxy) is 3.